The summed E-state index contributed by atoms with van der Waals surface area (Å²) in [5, 5.41) is 34.9. The van der Waals surface area contributed by atoms with Crippen molar-refractivity contribution in [3.8, 4) is 23.0 Å². The summed E-state index contributed by atoms with van der Waals surface area (Å²) < 4.78 is 56.1. The number of nitrogens with zero attached hydrogens (tertiary/aromatic N) is 5. The Balaban J connectivity index is 1.06. The molecule has 2 fully saturated rings. The minimum absolute atomic E-state index is 0.0171. The van der Waals surface area contributed by atoms with E-state index in [2.05, 4.69) is 19.5 Å². The molecule has 4 atom stereocenters. The van der Waals surface area contributed by atoms with Crippen LogP contribution in [0.25, 0.3) is 0 Å². The van der Waals surface area contributed by atoms with E-state index in [9.17, 15) is 14.0 Å². The Morgan fingerprint density at radius 3 is 2.07 bits per heavy atom. The molecule has 5 aromatic carbocycles. The summed E-state index contributed by atoms with van der Waals surface area (Å²) in [4.78, 5) is 42.9. The number of hydrogen-bond acceptors (Lipinski definition) is 19. The van der Waals surface area contributed by atoms with Gasteiger partial charge >= 0.3 is 12.2 Å². The minimum atomic E-state index is -1.07. The highest BCUT2D eigenvalue weighted by molar-refractivity contribution is 5.71. The van der Waals surface area contributed by atoms with E-state index in [1.807, 2.05) is 48.5 Å². The number of carbonyl (C=O) groups excluding carboxylic acids is 2. The van der Waals surface area contributed by atoms with E-state index in [0.29, 0.717) is 49.7 Å². The Labute approximate surface area is 408 Å². The number of methoxy groups -OCH3 is 1. The number of amides is 1. The smallest absolute Gasteiger partial charge is 0.490 e. The van der Waals surface area contributed by atoms with Crippen LogP contribution in [0.15, 0.2) is 115 Å². The summed E-state index contributed by atoms with van der Waals surface area (Å²) in [5.74, 6) is 0.685. The number of anilines is 2. The van der Waals surface area contributed by atoms with Crippen LogP contribution >= 0.6 is 0 Å². The molecule has 8 rings (SSSR count). The lowest BCUT2D eigenvalue weighted by atomic mass is 9.84. The molecule has 0 radical (unpaired) electrons. The highest BCUT2D eigenvalue weighted by atomic mass is 19.1. The molecule has 0 aromatic heterocycles. The first kappa shape index (κ1) is 50.7. The van der Waals surface area contributed by atoms with E-state index in [-0.39, 0.29) is 56.3 Å². The van der Waals surface area contributed by atoms with Gasteiger partial charge in [-0.15, -0.1) is 0 Å². The van der Waals surface area contributed by atoms with Crippen molar-refractivity contribution in [2.75, 3.05) is 69.4 Å². The Morgan fingerprint density at radius 2 is 1.39 bits per heavy atom. The van der Waals surface area contributed by atoms with Gasteiger partial charge in [0.1, 0.15) is 47.6 Å². The number of carbonyl (C=O) groups is 2. The molecule has 21 heteroatoms. The maximum absolute atomic E-state index is 14.1. The lowest BCUT2D eigenvalue weighted by molar-refractivity contribution is -0.497. The van der Waals surface area contributed by atoms with Crippen molar-refractivity contribution in [1.82, 2.24) is 15.7 Å². The molecule has 71 heavy (non-hydrogen) atoms. The summed E-state index contributed by atoms with van der Waals surface area (Å²) in [7, 11) is 1.67. The van der Waals surface area contributed by atoms with Gasteiger partial charge in [0.2, 0.25) is 0 Å². The van der Waals surface area contributed by atoms with Gasteiger partial charge in [0.25, 0.3) is 0 Å². The van der Waals surface area contributed by atoms with Crippen LogP contribution in [0.2, 0.25) is 0 Å². The minimum Gasteiger partial charge on any atom is -0.490 e. The van der Waals surface area contributed by atoms with E-state index in [1.165, 1.54) is 41.3 Å². The number of likely N-dealkylation sites (tertiary alicyclic amines) is 1. The quantitative estimate of drug-likeness (QED) is 0.0257. The molecular weight excluding hydrogens is 930 g/mol. The molecule has 4 N–H and O–H groups in total. The summed E-state index contributed by atoms with van der Waals surface area (Å²) in [5.41, 5.74) is 4.36. The van der Waals surface area contributed by atoms with E-state index in [0.717, 1.165) is 47.6 Å². The molecule has 4 unspecified atom stereocenters. The lowest BCUT2D eigenvalue weighted by Gasteiger charge is -2.42. The van der Waals surface area contributed by atoms with Crippen molar-refractivity contribution in [1.29, 1.82) is 0 Å². The largest absolute Gasteiger partial charge is 0.514 e. The van der Waals surface area contributed by atoms with Crippen LogP contribution in [0, 0.1) is 5.82 Å². The fourth-order valence-corrected chi connectivity index (χ4v) is 8.74. The highest BCUT2D eigenvalue weighted by Crippen LogP contribution is 2.37. The van der Waals surface area contributed by atoms with Crippen molar-refractivity contribution in [3.63, 3.8) is 0 Å². The van der Waals surface area contributed by atoms with Gasteiger partial charge in [-0.05, 0) is 95.4 Å². The maximum atomic E-state index is 14.1. The third kappa shape index (κ3) is 14.3. The SMILES string of the molecule is COCCCN1CCOc2ccc(COC3CN(C(=O)Oc4ccc(CON(O)O)cc4)CC(OC(=O)Oc4ccc(CON(O)O)cc4)C3c3ccc(OC4CCN(c5cccc(F)c5)C4)cc3)cc21. The zero-order chi connectivity index (χ0) is 49.7. The Morgan fingerprint density at radius 1 is 0.732 bits per heavy atom. The molecule has 378 valence electrons. The van der Waals surface area contributed by atoms with E-state index in [1.54, 1.807) is 37.4 Å². The molecule has 2 saturated heterocycles. The van der Waals surface area contributed by atoms with Gasteiger partial charge in [0.05, 0.1) is 74.5 Å². The monoisotopic (exact) mass is 985 g/mol. The Bertz CT molecular complexity index is 2510. The number of halogens is 1. The van der Waals surface area contributed by atoms with Crippen LogP contribution in [0.3, 0.4) is 0 Å². The number of hydrogen-bond donors (Lipinski definition) is 4. The van der Waals surface area contributed by atoms with E-state index >= 15 is 0 Å². The highest BCUT2D eigenvalue weighted by Gasteiger charge is 2.44. The number of ether oxygens (including phenoxy) is 7. The first-order valence-electron chi connectivity index (χ1n) is 23.0. The Hall–Kier alpha value is -6.63. The van der Waals surface area contributed by atoms with Gasteiger partial charge in [-0.3, -0.25) is 20.8 Å². The molecular formula is C50H56FN5O15. The fraction of sp³-hybridized carbons (Fsp3) is 0.360. The van der Waals surface area contributed by atoms with Gasteiger partial charge in [-0.25, -0.2) is 23.7 Å². The molecule has 0 aliphatic carbocycles. The summed E-state index contributed by atoms with van der Waals surface area (Å²) >= 11 is 0. The normalized spacial score (nSPS) is 18.8. The summed E-state index contributed by atoms with van der Waals surface area (Å²) in [6, 6.07) is 32.0. The predicted molar refractivity (Wildman–Crippen MR) is 248 cm³/mol. The second-order valence-electron chi connectivity index (χ2n) is 17.0. The van der Waals surface area contributed by atoms with Crippen LogP contribution in [0.4, 0.5) is 25.4 Å². The average Bonchev–Trinajstić information content (AvgIpc) is 3.84. The maximum Gasteiger partial charge on any atom is 0.514 e. The van der Waals surface area contributed by atoms with Crippen LogP contribution in [-0.2, 0) is 43.7 Å². The van der Waals surface area contributed by atoms with Crippen LogP contribution < -0.4 is 28.7 Å². The van der Waals surface area contributed by atoms with Crippen molar-refractivity contribution in [3.05, 3.63) is 143 Å². The molecule has 20 nitrogen and oxygen atoms in total. The molecule has 5 aromatic rings. The molecule has 3 heterocycles. The lowest BCUT2D eigenvalue weighted by Crippen LogP contribution is -2.55. The molecule has 0 saturated carbocycles. The standard InChI is InChI=1S/C50H56FN5O15/c1-63-24-3-21-52-23-25-64-45-19-10-36(26-44(45)52)31-65-46-29-54(49(57)69-41-13-6-34(7-14-41)32-66-55(59)60)30-47(71-50(58)70-42-15-8-35(9-16-42)33-67-56(61)62)48(46)37-11-17-40(18-12-37)68-43-20-22-53(28-43)39-5-2-4-38(51)27-39/h2,4-19,26-27,43,46-48,59-62H,3,20-25,28-33H2,1H3. The first-order chi connectivity index (χ1) is 34.5. The molecule has 1 amide bonds. The van der Waals surface area contributed by atoms with Crippen molar-refractivity contribution in [2.45, 2.75) is 56.9 Å². The predicted octanol–water partition coefficient (Wildman–Crippen LogP) is 7.51. The number of benzene rings is 5. The van der Waals surface area contributed by atoms with Crippen molar-refractivity contribution >= 4 is 23.6 Å². The third-order valence-electron chi connectivity index (χ3n) is 12.2. The molecule has 0 bridgehead atoms. The third-order valence-corrected chi connectivity index (χ3v) is 12.2. The zero-order valence-corrected chi connectivity index (χ0v) is 38.9. The summed E-state index contributed by atoms with van der Waals surface area (Å²) in [6.07, 6.45) is -2.28. The van der Waals surface area contributed by atoms with Crippen LogP contribution in [0.1, 0.15) is 41.0 Å². The second-order valence-corrected chi connectivity index (χ2v) is 17.0. The Kier molecular flexibility index (Phi) is 17.5. The van der Waals surface area contributed by atoms with Gasteiger partial charge in [-0.2, -0.15) is 0 Å². The van der Waals surface area contributed by atoms with E-state index in [4.69, 9.17) is 54.0 Å². The van der Waals surface area contributed by atoms with Gasteiger partial charge < -0.3 is 47.9 Å². The van der Waals surface area contributed by atoms with Gasteiger partial charge in [-0.1, -0.05) is 48.5 Å². The second kappa shape index (κ2) is 24.5. The van der Waals surface area contributed by atoms with Gasteiger partial charge in [0.15, 0.2) is 0 Å². The molecule has 3 aliphatic heterocycles. The van der Waals surface area contributed by atoms with Crippen molar-refractivity contribution in [2.24, 2.45) is 0 Å². The van der Waals surface area contributed by atoms with Crippen LogP contribution in [0.5, 0.6) is 23.0 Å². The van der Waals surface area contributed by atoms with Gasteiger partial charge in [0, 0.05) is 38.9 Å². The fourth-order valence-electron chi connectivity index (χ4n) is 8.74. The number of rotatable bonds is 20. The molecule has 0 spiro atoms. The first-order valence-corrected chi connectivity index (χ1v) is 23.0. The van der Waals surface area contributed by atoms with E-state index < -0.39 is 41.2 Å². The topological polar surface area (TPSA) is 214 Å². The zero-order valence-electron chi connectivity index (χ0n) is 38.9. The number of piperidine rings is 1. The number of fused-ring (bicyclic) bond motifs is 1. The molecule has 3 aliphatic rings. The van der Waals surface area contributed by atoms with Crippen molar-refractivity contribution < 1.29 is 77.6 Å². The average molecular weight is 986 g/mol. The summed E-state index contributed by atoms with van der Waals surface area (Å²) in [6.45, 7) is 3.54. The van der Waals surface area contributed by atoms with Crippen LogP contribution in [-0.4, -0.2) is 127 Å².